The van der Waals surface area contributed by atoms with Gasteiger partial charge in [-0.2, -0.15) is 0 Å². The van der Waals surface area contributed by atoms with Gasteiger partial charge in [-0.15, -0.1) is 0 Å². The summed E-state index contributed by atoms with van der Waals surface area (Å²) in [5, 5.41) is 5.63. The smallest absolute Gasteiger partial charge is 0.322 e. The highest BCUT2D eigenvalue weighted by Crippen LogP contribution is 2.30. The number of halogens is 1. The van der Waals surface area contributed by atoms with Gasteiger partial charge < -0.3 is 15.5 Å². The van der Waals surface area contributed by atoms with Gasteiger partial charge in [-0.1, -0.05) is 30.3 Å². The van der Waals surface area contributed by atoms with Gasteiger partial charge in [-0.05, 0) is 36.8 Å². The molecule has 2 N–H and O–H groups in total. The molecular weight excluding hydrogens is 321 g/mol. The molecule has 0 spiro atoms. The molecule has 1 atom stereocenters. The molecule has 1 aliphatic rings. The third-order valence-electron chi connectivity index (χ3n) is 4.23. The highest BCUT2D eigenvalue weighted by Gasteiger charge is 2.34. The molecule has 0 saturated heterocycles. The molecule has 0 bridgehead atoms. The number of anilines is 1. The second kappa shape index (κ2) is 6.76. The van der Waals surface area contributed by atoms with Gasteiger partial charge in [0, 0.05) is 18.4 Å². The third-order valence-corrected chi connectivity index (χ3v) is 4.23. The van der Waals surface area contributed by atoms with E-state index in [1.165, 1.54) is 17.0 Å². The molecule has 25 heavy (non-hydrogen) atoms. The van der Waals surface area contributed by atoms with Crippen LogP contribution in [0.3, 0.4) is 0 Å². The van der Waals surface area contributed by atoms with Crippen molar-refractivity contribution in [3.63, 3.8) is 0 Å². The molecule has 0 saturated carbocycles. The minimum atomic E-state index is -0.645. The zero-order chi connectivity index (χ0) is 18.0. The molecule has 1 heterocycles. The summed E-state index contributed by atoms with van der Waals surface area (Å²) in [6.07, 6.45) is 0. The Hall–Kier alpha value is -3.15. The maximum absolute atomic E-state index is 13.2. The number of urea groups is 1. The van der Waals surface area contributed by atoms with E-state index in [9.17, 15) is 14.0 Å². The Morgan fingerprint density at radius 2 is 1.76 bits per heavy atom. The number of amides is 3. The normalized spacial score (nSPS) is 17.3. The average molecular weight is 339 g/mol. The fraction of sp³-hybridized carbons (Fsp3) is 0.158. The summed E-state index contributed by atoms with van der Waals surface area (Å²) in [4.78, 5) is 26.4. The number of benzene rings is 2. The van der Waals surface area contributed by atoms with Crippen molar-refractivity contribution in [2.24, 2.45) is 0 Å². The first kappa shape index (κ1) is 16.7. The number of hydrogen-bond acceptors (Lipinski definition) is 2. The molecule has 6 heteroatoms. The second-order valence-electron chi connectivity index (χ2n) is 5.81. The first-order valence-corrected chi connectivity index (χ1v) is 7.84. The maximum Gasteiger partial charge on any atom is 0.322 e. The van der Waals surface area contributed by atoms with E-state index in [2.05, 4.69) is 10.6 Å². The summed E-state index contributed by atoms with van der Waals surface area (Å²) in [5.41, 5.74) is 2.26. The first-order valence-electron chi connectivity index (χ1n) is 7.84. The van der Waals surface area contributed by atoms with Gasteiger partial charge in [0.1, 0.15) is 5.82 Å². The van der Waals surface area contributed by atoms with Crippen molar-refractivity contribution in [2.45, 2.75) is 13.0 Å². The Morgan fingerprint density at radius 1 is 1.12 bits per heavy atom. The number of hydrogen-bond donors (Lipinski definition) is 2. The predicted octanol–water partition coefficient (Wildman–Crippen LogP) is 3.43. The molecule has 0 aliphatic carbocycles. The largest absolute Gasteiger partial charge is 0.327 e. The van der Waals surface area contributed by atoms with Crippen LogP contribution in [0.4, 0.5) is 14.9 Å². The highest BCUT2D eigenvalue weighted by atomic mass is 19.1. The number of para-hydroxylation sites is 1. The molecule has 0 fully saturated rings. The minimum absolute atomic E-state index is 0.315. The molecule has 2 aromatic carbocycles. The van der Waals surface area contributed by atoms with E-state index in [0.29, 0.717) is 22.5 Å². The van der Waals surface area contributed by atoms with E-state index < -0.39 is 6.04 Å². The fourth-order valence-electron chi connectivity index (χ4n) is 2.75. The van der Waals surface area contributed by atoms with Gasteiger partial charge in [0.05, 0.1) is 11.6 Å². The standard InChI is InChI=1S/C19H18FN3O2/c1-12-16(18(24)21-15-6-4-3-5-7-15)17(22-19(25)23(12)2)13-8-10-14(20)11-9-13/h3-11,17H,1-2H3,(H,21,24)(H,22,25). The van der Waals surface area contributed by atoms with E-state index in [0.717, 1.165) is 0 Å². The lowest BCUT2D eigenvalue weighted by Gasteiger charge is -2.33. The number of carbonyl (C=O) groups is 2. The Morgan fingerprint density at radius 3 is 2.40 bits per heavy atom. The van der Waals surface area contributed by atoms with Crippen molar-refractivity contribution >= 4 is 17.6 Å². The van der Waals surface area contributed by atoms with Crippen molar-refractivity contribution in [3.8, 4) is 0 Å². The molecular formula is C19H18FN3O2. The molecule has 0 aromatic heterocycles. The number of nitrogens with one attached hydrogen (secondary N) is 2. The monoisotopic (exact) mass is 339 g/mol. The van der Waals surface area contributed by atoms with Gasteiger partial charge in [-0.3, -0.25) is 4.79 Å². The van der Waals surface area contributed by atoms with Crippen molar-refractivity contribution in [1.29, 1.82) is 0 Å². The summed E-state index contributed by atoms with van der Waals surface area (Å²) in [5.74, 6) is -0.691. The SMILES string of the molecule is CC1=C(C(=O)Nc2ccccc2)C(c2ccc(F)cc2)NC(=O)N1C. The Bertz CT molecular complexity index is 832. The van der Waals surface area contributed by atoms with Gasteiger partial charge in [-0.25, -0.2) is 9.18 Å². The number of allylic oxidation sites excluding steroid dienone is 1. The lowest BCUT2D eigenvalue weighted by atomic mass is 9.94. The van der Waals surface area contributed by atoms with Crippen LogP contribution >= 0.6 is 0 Å². The molecule has 2 aromatic rings. The van der Waals surface area contributed by atoms with E-state index in [1.54, 1.807) is 38.2 Å². The Balaban J connectivity index is 1.99. The van der Waals surface area contributed by atoms with Crippen LogP contribution in [-0.2, 0) is 4.79 Å². The van der Waals surface area contributed by atoms with E-state index in [4.69, 9.17) is 0 Å². The maximum atomic E-state index is 13.2. The van der Waals surface area contributed by atoms with E-state index in [-0.39, 0.29) is 17.8 Å². The fourth-order valence-corrected chi connectivity index (χ4v) is 2.75. The van der Waals surface area contributed by atoms with Crippen molar-refractivity contribution < 1.29 is 14.0 Å². The van der Waals surface area contributed by atoms with Crippen LogP contribution < -0.4 is 10.6 Å². The van der Waals surface area contributed by atoms with Crippen LogP contribution in [0.5, 0.6) is 0 Å². The third kappa shape index (κ3) is 3.38. The van der Waals surface area contributed by atoms with Crippen LogP contribution in [0.15, 0.2) is 65.9 Å². The number of carbonyl (C=O) groups excluding carboxylic acids is 2. The van der Waals surface area contributed by atoms with Crippen LogP contribution in [0, 0.1) is 5.82 Å². The topological polar surface area (TPSA) is 61.4 Å². The average Bonchev–Trinajstić information content (AvgIpc) is 2.61. The van der Waals surface area contributed by atoms with E-state index in [1.807, 2.05) is 18.2 Å². The lowest BCUT2D eigenvalue weighted by Crippen LogP contribution is -2.46. The Kier molecular flexibility index (Phi) is 4.52. The van der Waals surface area contributed by atoms with Crippen LogP contribution in [0.2, 0.25) is 0 Å². The summed E-state index contributed by atoms with van der Waals surface area (Å²) >= 11 is 0. The van der Waals surface area contributed by atoms with E-state index >= 15 is 0 Å². The Labute approximate surface area is 145 Å². The zero-order valence-corrected chi connectivity index (χ0v) is 13.9. The molecule has 1 aliphatic heterocycles. The number of rotatable bonds is 3. The summed E-state index contributed by atoms with van der Waals surface area (Å²) < 4.78 is 13.2. The zero-order valence-electron chi connectivity index (χ0n) is 13.9. The van der Waals surface area contributed by atoms with Crippen LogP contribution in [-0.4, -0.2) is 23.9 Å². The number of nitrogens with zero attached hydrogens (tertiary/aromatic N) is 1. The lowest BCUT2D eigenvalue weighted by molar-refractivity contribution is -0.113. The van der Waals surface area contributed by atoms with Crippen molar-refractivity contribution in [1.82, 2.24) is 10.2 Å². The molecule has 1 unspecified atom stereocenters. The minimum Gasteiger partial charge on any atom is -0.327 e. The van der Waals surface area contributed by atoms with Crippen molar-refractivity contribution in [3.05, 3.63) is 77.2 Å². The quantitative estimate of drug-likeness (QED) is 0.900. The van der Waals surface area contributed by atoms with Crippen LogP contribution in [0.1, 0.15) is 18.5 Å². The highest BCUT2D eigenvalue weighted by molar-refractivity contribution is 6.06. The predicted molar refractivity (Wildman–Crippen MR) is 93.2 cm³/mol. The summed E-state index contributed by atoms with van der Waals surface area (Å²) in [7, 11) is 1.60. The second-order valence-corrected chi connectivity index (χ2v) is 5.81. The van der Waals surface area contributed by atoms with Crippen LogP contribution in [0.25, 0.3) is 0 Å². The molecule has 3 amide bonds. The van der Waals surface area contributed by atoms with Gasteiger partial charge >= 0.3 is 6.03 Å². The molecule has 0 radical (unpaired) electrons. The molecule has 3 rings (SSSR count). The van der Waals surface area contributed by atoms with Gasteiger partial charge in [0.2, 0.25) is 0 Å². The summed E-state index contributed by atoms with van der Waals surface area (Å²) in [6, 6.07) is 13.9. The van der Waals surface area contributed by atoms with Gasteiger partial charge in [0.25, 0.3) is 5.91 Å². The van der Waals surface area contributed by atoms with Crippen molar-refractivity contribution in [2.75, 3.05) is 12.4 Å². The van der Waals surface area contributed by atoms with Gasteiger partial charge in [0.15, 0.2) is 0 Å². The summed E-state index contributed by atoms with van der Waals surface area (Å²) in [6.45, 7) is 1.72. The molecule has 128 valence electrons. The first-order chi connectivity index (χ1) is 12.0. The molecule has 5 nitrogen and oxygen atoms in total.